The van der Waals surface area contributed by atoms with E-state index in [9.17, 15) is 14.4 Å². The van der Waals surface area contributed by atoms with Crippen molar-refractivity contribution in [2.45, 2.75) is 0 Å². The molecule has 0 aliphatic rings. The van der Waals surface area contributed by atoms with Gasteiger partial charge in [0, 0.05) is 6.08 Å². The van der Waals surface area contributed by atoms with Gasteiger partial charge in [-0.05, 0) is 23.8 Å². The molecule has 112 valence electrons. The van der Waals surface area contributed by atoms with Crippen molar-refractivity contribution in [3.8, 4) is 5.75 Å². The molecule has 7 heteroatoms. The molecule has 0 atom stereocenters. The number of nitrogens with one attached hydrogen (secondary N) is 2. The van der Waals surface area contributed by atoms with E-state index in [4.69, 9.17) is 9.84 Å². The van der Waals surface area contributed by atoms with Crippen molar-refractivity contribution in [2.24, 2.45) is 0 Å². The van der Waals surface area contributed by atoms with Crippen molar-refractivity contribution in [3.63, 3.8) is 0 Å². The summed E-state index contributed by atoms with van der Waals surface area (Å²) in [6.45, 7) is -0.761. The molecule has 0 saturated heterocycles. The maximum atomic E-state index is 11.5. The van der Waals surface area contributed by atoms with E-state index in [0.717, 1.165) is 5.56 Å². The van der Waals surface area contributed by atoms with E-state index in [1.165, 1.54) is 6.08 Å². The molecule has 0 fully saturated rings. The Bertz CT molecular complexity index is 554. The minimum atomic E-state index is -1.15. The fourth-order valence-corrected chi connectivity index (χ4v) is 1.38. The van der Waals surface area contributed by atoms with Crippen molar-refractivity contribution in [1.82, 2.24) is 10.6 Å². The number of aliphatic carboxylic acids is 1. The number of amides is 2. The normalized spacial score (nSPS) is 10.1. The van der Waals surface area contributed by atoms with Gasteiger partial charge in [0.1, 0.15) is 12.3 Å². The second-order valence-corrected chi connectivity index (χ2v) is 4.00. The van der Waals surface area contributed by atoms with Crippen LogP contribution in [-0.4, -0.2) is 43.1 Å². The molecule has 1 aromatic rings. The highest BCUT2D eigenvalue weighted by Crippen LogP contribution is 2.13. The Morgan fingerprint density at radius 1 is 1.24 bits per heavy atom. The Morgan fingerprint density at radius 3 is 2.67 bits per heavy atom. The lowest BCUT2D eigenvalue weighted by molar-refractivity contribution is -0.137. The minimum Gasteiger partial charge on any atom is -0.497 e. The predicted molar refractivity (Wildman–Crippen MR) is 75.7 cm³/mol. The van der Waals surface area contributed by atoms with Gasteiger partial charge in [-0.2, -0.15) is 0 Å². The highest BCUT2D eigenvalue weighted by molar-refractivity contribution is 5.94. The summed E-state index contributed by atoms with van der Waals surface area (Å²) in [6, 6.07) is 7.12. The van der Waals surface area contributed by atoms with Gasteiger partial charge in [0.15, 0.2) is 0 Å². The summed E-state index contributed by atoms with van der Waals surface area (Å²) >= 11 is 0. The van der Waals surface area contributed by atoms with Crippen LogP contribution in [0, 0.1) is 0 Å². The number of carboxylic acid groups (broad SMARTS) is 1. The van der Waals surface area contributed by atoms with E-state index in [0.29, 0.717) is 5.75 Å². The third kappa shape index (κ3) is 6.76. The van der Waals surface area contributed by atoms with E-state index < -0.39 is 24.3 Å². The van der Waals surface area contributed by atoms with Gasteiger partial charge in [-0.3, -0.25) is 14.4 Å². The van der Waals surface area contributed by atoms with Crippen LogP contribution >= 0.6 is 0 Å². The van der Waals surface area contributed by atoms with E-state index >= 15 is 0 Å². The second kappa shape index (κ2) is 8.36. The molecule has 0 aliphatic carbocycles. The number of carbonyl (C=O) groups is 3. The van der Waals surface area contributed by atoms with E-state index in [1.807, 2.05) is 0 Å². The van der Waals surface area contributed by atoms with Crippen LogP contribution in [0.3, 0.4) is 0 Å². The highest BCUT2D eigenvalue weighted by Gasteiger charge is 2.04. The van der Waals surface area contributed by atoms with Gasteiger partial charge in [0.2, 0.25) is 11.8 Å². The van der Waals surface area contributed by atoms with Gasteiger partial charge in [-0.25, -0.2) is 0 Å². The predicted octanol–water partition coefficient (Wildman–Crippen LogP) is 0.0254. The van der Waals surface area contributed by atoms with Crippen LogP contribution < -0.4 is 15.4 Å². The van der Waals surface area contributed by atoms with Crippen LogP contribution in [0.25, 0.3) is 6.08 Å². The van der Waals surface area contributed by atoms with Crippen LogP contribution in [-0.2, 0) is 14.4 Å². The lowest BCUT2D eigenvalue weighted by Crippen LogP contribution is -2.38. The molecule has 0 saturated carbocycles. The van der Waals surface area contributed by atoms with Crippen molar-refractivity contribution in [3.05, 3.63) is 35.9 Å². The highest BCUT2D eigenvalue weighted by atomic mass is 16.5. The molecule has 2 amide bonds. The fourth-order valence-electron chi connectivity index (χ4n) is 1.38. The zero-order valence-corrected chi connectivity index (χ0v) is 11.5. The van der Waals surface area contributed by atoms with Crippen LogP contribution in [0.4, 0.5) is 0 Å². The summed E-state index contributed by atoms with van der Waals surface area (Å²) in [5.41, 5.74) is 0.778. The molecule has 0 aliphatic heterocycles. The molecule has 0 aromatic heterocycles. The maximum absolute atomic E-state index is 11.5. The number of carboxylic acids is 1. The quantitative estimate of drug-likeness (QED) is 0.615. The first-order chi connectivity index (χ1) is 10.0. The van der Waals surface area contributed by atoms with Crippen LogP contribution in [0.15, 0.2) is 30.3 Å². The maximum Gasteiger partial charge on any atom is 0.322 e. The van der Waals surface area contributed by atoms with Gasteiger partial charge < -0.3 is 20.5 Å². The Hall–Kier alpha value is -2.83. The number of rotatable bonds is 7. The SMILES string of the molecule is COc1cccc(/C=C/C(=O)NCC(=O)NCC(=O)O)c1. The topological polar surface area (TPSA) is 105 Å². The number of methoxy groups -OCH3 is 1. The second-order valence-electron chi connectivity index (χ2n) is 4.00. The average Bonchev–Trinajstić information content (AvgIpc) is 2.49. The first kappa shape index (κ1) is 16.2. The molecule has 0 unspecified atom stereocenters. The van der Waals surface area contributed by atoms with Gasteiger partial charge in [-0.1, -0.05) is 12.1 Å². The Labute approximate surface area is 121 Å². The molecule has 1 rings (SSSR count). The summed E-state index contributed by atoms with van der Waals surface area (Å²) in [5, 5.41) is 12.8. The van der Waals surface area contributed by atoms with Crippen LogP contribution in [0.5, 0.6) is 5.75 Å². The third-order valence-corrected chi connectivity index (χ3v) is 2.38. The molecule has 0 radical (unpaired) electrons. The molecule has 7 nitrogen and oxygen atoms in total. The Kier molecular flexibility index (Phi) is 6.46. The number of hydrogen-bond donors (Lipinski definition) is 3. The first-order valence-electron chi connectivity index (χ1n) is 6.09. The summed E-state index contributed by atoms with van der Waals surface area (Å²) < 4.78 is 5.05. The van der Waals surface area contributed by atoms with Crippen molar-refractivity contribution >= 4 is 23.9 Å². The lowest BCUT2D eigenvalue weighted by atomic mass is 10.2. The zero-order chi connectivity index (χ0) is 15.7. The average molecular weight is 292 g/mol. The zero-order valence-electron chi connectivity index (χ0n) is 11.5. The third-order valence-electron chi connectivity index (χ3n) is 2.38. The van der Waals surface area contributed by atoms with E-state index in [1.54, 1.807) is 37.5 Å². The van der Waals surface area contributed by atoms with Crippen molar-refractivity contribution in [1.29, 1.82) is 0 Å². The number of carbonyl (C=O) groups excluding carboxylic acids is 2. The van der Waals surface area contributed by atoms with Crippen LogP contribution in [0.1, 0.15) is 5.56 Å². The summed E-state index contributed by atoms with van der Waals surface area (Å²) in [7, 11) is 1.55. The fraction of sp³-hybridized carbons (Fsp3) is 0.214. The number of ether oxygens (including phenoxy) is 1. The van der Waals surface area contributed by atoms with Gasteiger partial charge >= 0.3 is 5.97 Å². The largest absolute Gasteiger partial charge is 0.497 e. The van der Waals surface area contributed by atoms with E-state index in [2.05, 4.69) is 10.6 Å². The molecular weight excluding hydrogens is 276 g/mol. The number of benzene rings is 1. The molecule has 0 spiro atoms. The summed E-state index contributed by atoms with van der Waals surface area (Å²) in [5.74, 6) is -1.50. The van der Waals surface area contributed by atoms with Gasteiger partial charge in [0.25, 0.3) is 0 Å². The molecule has 0 heterocycles. The first-order valence-corrected chi connectivity index (χ1v) is 6.09. The van der Waals surface area contributed by atoms with E-state index in [-0.39, 0.29) is 6.54 Å². The molecule has 1 aromatic carbocycles. The summed E-state index contributed by atoms with van der Waals surface area (Å²) in [6.07, 6.45) is 2.85. The van der Waals surface area contributed by atoms with Crippen molar-refractivity contribution in [2.75, 3.05) is 20.2 Å². The lowest BCUT2D eigenvalue weighted by Gasteiger charge is -2.03. The number of hydrogen-bond acceptors (Lipinski definition) is 4. The summed E-state index contributed by atoms with van der Waals surface area (Å²) in [4.78, 5) is 32.9. The van der Waals surface area contributed by atoms with Gasteiger partial charge in [0.05, 0.1) is 13.7 Å². The molecular formula is C14H16N2O5. The van der Waals surface area contributed by atoms with Gasteiger partial charge in [-0.15, -0.1) is 0 Å². The molecule has 21 heavy (non-hydrogen) atoms. The minimum absolute atomic E-state index is 0.283. The Balaban J connectivity index is 2.40. The smallest absolute Gasteiger partial charge is 0.322 e. The monoisotopic (exact) mass is 292 g/mol. The Morgan fingerprint density at radius 2 is 2.00 bits per heavy atom. The molecule has 0 bridgehead atoms. The van der Waals surface area contributed by atoms with Crippen LogP contribution in [0.2, 0.25) is 0 Å². The molecule has 3 N–H and O–H groups in total. The van der Waals surface area contributed by atoms with Crippen molar-refractivity contribution < 1.29 is 24.2 Å². The standard InChI is InChI=1S/C14H16N2O5/c1-21-11-4-2-3-10(7-11)5-6-12(17)15-8-13(18)16-9-14(19)20/h2-7H,8-9H2,1H3,(H,15,17)(H,16,18)(H,19,20)/b6-5+.